The molecular weight excluding hydrogens is 362 g/mol. The van der Waals surface area contributed by atoms with Crippen LogP contribution in [-0.4, -0.2) is 35.8 Å². The molecule has 0 aliphatic carbocycles. The Morgan fingerprint density at radius 2 is 1.63 bits per heavy atom. The maximum Gasteiger partial charge on any atom is 0.269 e. The summed E-state index contributed by atoms with van der Waals surface area (Å²) in [7, 11) is 0. The summed E-state index contributed by atoms with van der Waals surface area (Å²) in [5, 5.41) is 2.74. The zero-order valence-electron chi connectivity index (χ0n) is 15.3. The van der Waals surface area contributed by atoms with Gasteiger partial charge in [-0.2, -0.15) is 11.8 Å². The molecule has 2 aromatic carbocycles. The molecule has 142 valence electrons. The first-order valence-electron chi connectivity index (χ1n) is 8.53. The van der Waals surface area contributed by atoms with Crippen molar-refractivity contribution in [1.82, 2.24) is 16.2 Å². The van der Waals surface area contributed by atoms with Crippen molar-refractivity contribution in [2.24, 2.45) is 0 Å². The summed E-state index contributed by atoms with van der Waals surface area (Å²) in [5.41, 5.74) is 6.66. The number of rotatable bonds is 7. The van der Waals surface area contributed by atoms with Crippen LogP contribution in [-0.2, 0) is 4.79 Å². The summed E-state index contributed by atoms with van der Waals surface area (Å²) in [4.78, 5) is 37.0. The molecule has 7 heteroatoms. The normalized spacial score (nSPS) is 11.3. The van der Waals surface area contributed by atoms with E-state index in [4.69, 9.17) is 0 Å². The van der Waals surface area contributed by atoms with Crippen molar-refractivity contribution >= 4 is 29.5 Å². The predicted octanol–water partition coefficient (Wildman–Crippen LogP) is 2.31. The van der Waals surface area contributed by atoms with Gasteiger partial charge in [0.1, 0.15) is 6.04 Å². The topological polar surface area (TPSA) is 87.3 Å². The van der Waals surface area contributed by atoms with Crippen LogP contribution in [0.2, 0.25) is 0 Å². The number of hydrogen-bond acceptors (Lipinski definition) is 4. The van der Waals surface area contributed by atoms with Crippen molar-refractivity contribution in [2.75, 3.05) is 12.0 Å². The van der Waals surface area contributed by atoms with E-state index in [0.29, 0.717) is 23.3 Å². The summed E-state index contributed by atoms with van der Waals surface area (Å²) < 4.78 is 0. The second-order valence-electron chi connectivity index (χ2n) is 5.99. The van der Waals surface area contributed by atoms with Crippen LogP contribution < -0.4 is 16.2 Å². The quantitative estimate of drug-likeness (QED) is 0.638. The largest absolute Gasteiger partial charge is 0.340 e. The van der Waals surface area contributed by atoms with Crippen LogP contribution in [0.1, 0.15) is 32.7 Å². The molecule has 0 saturated heterocycles. The number of nitrogens with one attached hydrogen (secondary N) is 3. The molecule has 0 bridgehead atoms. The first kappa shape index (κ1) is 20.5. The van der Waals surface area contributed by atoms with Crippen molar-refractivity contribution in [3.05, 3.63) is 71.3 Å². The van der Waals surface area contributed by atoms with Crippen LogP contribution in [0.25, 0.3) is 0 Å². The Bertz CT molecular complexity index is 796. The molecule has 0 aliphatic heterocycles. The number of carbonyl (C=O) groups is 3. The molecule has 3 amide bonds. The molecule has 27 heavy (non-hydrogen) atoms. The van der Waals surface area contributed by atoms with Crippen molar-refractivity contribution < 1.29 is 14.4 Å². The van der Waals surface area contributed by atoms with Crippen LogP contribution in [0.4, 0.5) is 0 Å². The first-order valence-corrected chi connectivity index (χ1v) is 9.92. The Kier molecular flexibility index (Phi) is 7.88. The monoisotopic (exact) mass is 385 g/mol. The molecule has 3 N–H and O–H groups in total. The highest BCUT2D eigenvalue weighted by molar-refractivity contribution is 7.98. The van der Waals surface area contributed by atoms with Crippen LogP contribution in [0.15, 0.2) is 54.6 Å². The van der Waals surface area contributed by atoms with Crippen molar-refractivity contribution in [2.45, 2.75) is 19.4 Å². The van der Waals surface area contributed by atoms with Crippen molar-refractivity contribution in [3.63, 3.8) is 0 Å². The standard InChI is InChI=1S/C20H23N3O3S/c1-14-7-6-10-16(13-14)18(24)21-17(11-12-27-2)20(26)23-22-19(25)15-8-4-3-5-9-15/h3-10,13,17H,11-12H2,1-2H3,(H,21,24)(H,22,25)(H,23,26). The van der Waals surface area contributed by atoms with Gasteiger partial charge in [-0.05, 0) is 49.6 Å². The number of hydrogen-bond donors (Lipinski definition) is 3. The molecule has 1 unspecified atom stereocenters. The number of carbonyl (C=O) groups excluding carboxylic acids is 3. The Morgan fingerprint density at radius 1 is 0.926 bits per heavy atom. The molecule has 0 spiro atoms. The minimum absolute atomic E-state index is 0.325. The fraction of sp³-hybridized carbons (Fsp3) is 0.250. The van der Waals surface area contributed by atoms with Crippen LogP contribution in [0.3, 0.4) is 0 Å². The van der Waals surface area contributed by atoms with E-state index >= 15 is 0 Å². The lowest BCUT2D eigenvalue weighted by atomic mass is 10.1. The van der Waals surface area contributed by atoms with E-state index < -0.39 is 17.9 Å². The van der Waals surface area contributed by atoms with E-state index in [1.807, 2.05) is 19.2 Å². The lowest BCUT2D eigenvalue weighted by Crippen LogP contribution is -2.52. The van der Waals surface area contributed by atoms with E-state index in [2.05, 4.69) is 16.2 Å². The fourth-order valence-electron chi connectivity index (χ4n) is 2.40. The maximum absolute atomic E-state index is 12.5. The van der Waals surface area contributed by atoms with Gasteiger partial charge in [-0.25, -0.2) is 0 Å². The van der Waals surface area contributed by atoms with Crippen LogP contribution in [0.5, 0.6) is 0 Å². The first-order chi connectivity index (χ1) is 13.0. The second-order valence-corrected chi connectivity index (χ2v) is 6.97. The van der Waals surface area contributed by atoms with E-state index in [1.54, 1.807) is 60.3 Å². The van der Waals surface area contributed by atoms with Crippen molar-refractivity contribution in [1.29, 1.82) is 0 Å². The van der Waals surface area contributed by atoms with Gasteiger partial charge in [0.2, 0.25) is 0 Å². The molecule has 2 rings (SSSR count). The SMILES string of the molecule is CSCCC(NC(=O)c1cccc(C)c1)C(=O)NNC(=O)c1ccccc1. The van der Waals surface area contributed by atoms with Gasteiger partial charge in [0, 0.05) is 11.1 Å². The Hall–Kier alpha value is -2.80. The van der Waals surface area contributed by atoms with Gasteiger partial charge in [0.05, 0.1) is 0 Å². The fourth-order valence-corrected chi connectivity index (χ4v) is 2.87. The molecule has 0 aliphatic rings. The molecule has 0 heterocycles. The van der Waals surface area contributed by atoms with E-state index in [9.17, 15) is 14.4 Å². The summed E-state index contributed by atoms with van der Waals surface area (Å²) in [6.07, 6.45) is 2.38. The van der Waals surface area contributed by atoms with Gasteiger partial charge in [-0.15, -0.1) is 0 Å². The number of thioether (sulfide) groups is 1. The zero-order chi connectivity index (χ0) is 19.6. The van der Waals surface area contributed by atoms with Gasteiger partial charge >= 0.3 is 0 Å². The molecule has 6 nitrogen and oxygen atoms in total. The highest BCUT2D eigenvalue weighted by atomic mass is 32.2. The van der Waals surface area contributed by atoms with E-state index in [-0.39, 0.29) is 5.91 Å². The third-order valence-corrected chi connectivity index (χ3v) is 4.49. The van der Waals surface area contributed by atoms with Crippen molar-refractivity contribution in [3.8, 4) is 0 Å². The molecule has 0 aromatic heterocycles. The molecule has 0 saturated carbocycles. The number of amides is 3. The van der Waals surface area contributed by atoms with E-state index in [0.717, 1.165) is 5.56 Å². The summed E-state index contributed by atoms with van der Waals surface area (Å²) in [5.74, 6) is -0.514. The average molecular weight is 385 g/mol. The molecule has 0 radical (unpaired) electrons. The molecule has 0 fully saturated rings. The third-order valence-electron chi connectivity index (χ3n) is 3.85. The van der Waals surface area contributed by atoms with Gasteiger partial charge in [-0.3, -0.25) is 25.2 Å². The average Bonchev–Trinajstić information content (AvgIpc) is 2.69. The Morgan fingerprint density at radius 3 is 2.30 bits per heavy atom. The number of benzene rings is 2. The minimum Gasteiger partial charge on any atom is -0.340 e. The highest BCUT2D eigenvalue weighted by Gasteiger charge is 2.21. The lowest BCUT2D eigenvalue weighted by Gasteiger charge is -2.18. The predicted molar refractivity (Wildman–Crippen MR) is 107 cm³/mol. The minimum atomic E-state index is -0.749. The third kappa shape index (κ3) is 6.45. The van der Waals surface area contributed by atoms with Gasteiger partial charge < -0.3 is 5.32 Å². The Labute approximate surface area is 163 Å². The summed E-state index contributed by atoms with van der Waals surface area (Å²) in [6, 6.07) is 15.0. The van der Waals surface area contributed by atoms with Crippen LogP contribution in [0, 0.1) is 6.92 Å². The zero-order valence-corrected chi connectivity index (χ0v) is 16.1. The smallest absolute Gasteiger partial charge is 0.269 e. The van der Waals surface area contributed by atoms with Gasteiger partial charge in [0.15, 0.2) is 0 Å². The molecule has 1 atom stereocenters. The van der Waals surface area contributed by atoms with Crippen LogP contribution >= 0.6 is 11.8 Å². The highest BCUT2D eigenvalue weighted by Crippen LogP contribution is 2.06. The summed E-state index contributed by atoms with van der Waals surface area (Å²) >= 11 is 1.58. The summed E-state index contributed by atoms with van der Waals surface area (Å²) in [6.45, 7) is 1.90. The number of hydrazine groups is 1. The van der Waals surface area contributed by atoms with Gasteiger partial charge in [-0.1, -0.05) is 35.9 Å². The lowest BCUT2D eigenvalue weighted by molar-refractivity contribution is -0.123. The molecule has 2 aromatic rings. The van der Waals surface area contributed by atoms with E-state index in [1.165, 1.54) is 0 Å². The van der Waals surface area contributed by atoms with Gasteiger partial charge in [0.25, 0.3) is 17.7 Å². The Balaban J connectivity index is 1.98. The second kappa shape index (κ2) is 10.4. The maximum atomic E-state index is 12.5. The molecular formula is C20H23N3O3S. The number of aryl methyl sites for hydroxylation is 1.